The maximum atomic E-state index is 11.5. The van der Waals surface area contributed by atoms with Gasteiger partial charge in [0.1, 0.15) is 11.4 Å². The van der Waals surface area contributed by atoms with Crippen LogP contribution in [0.4, 0.5) is 4.79 Å². The van der Waals surface area contributed by atoms with Crippen LogP contribution in [0.3, 0.4) is 0 Å². The predicted molar refractivity (Wildman–Crippen MR) is 64.9 cm³/mol. The number of likely N-dealkylation sites (N-methyl/N-ethyl adjacent to an activating group) is 1. The van der Waals surface area contributed by atoms with Gasteiger partial charge in [0.05, 0.1) is 13.1 Å². The van der Waals surface area contributed by atoms with Gasteiger partial charge in [-0.15, -0.1) is 0 Å². The van der Waals surface area contributed by atoms with E-state index in [9.17, 15) is 4.79 Å². The Bertz CT molecular complexity index is 433. The Labute approximate surface area is 106 Å². The zero-order valence-corrected chi connectivity index (χ0v) is 10.6. The number of H-pyrrole nitrogens is 1. The molecular weight excluding hydrogens is 232 g/mol. The first kappa shape index (κ1) is 11.5. The van der Waals surface area contributed by atoms with Crippen LogP contribution in [0.2, 0.25) is 0 Å². The van der Waals surface area contributed by atoms with Crippen LogP contribution in [0, 0.1) is 0 Å². The topological polar surface area (TPSA) is 61.5 Å². The second-order valence-electron chi connectivity index (χ2n) is 5.26. The van der Waals surface area contributed by atoms with E-state index >= 15 is 0 Å². The van der Waals surface area contributed by atoms with Gasteiger partial charge < -0.3 is 14.6 Å². The molecule has 1 spiro atoms. The van der Waals surface area contributed by atoms with E-state index in [0.29, 0.717) is 6.54 Å². The summed E-state index contributed by atoms with van der Waals surface area (Å²) in [6.07, 6.45) is 5.41. The SMILES string of the molecule is CN1C[C@@]2(CCCN(Cc3ncc[nH]3)C2)OC1=O. The van der Waals surface area contributed by atoms with Gasteiger partial charge in [0.2, 0.25) is 0 Å². The number of nitrogens with zero attached hydrogens (tertiary/aromatic N) is 3. The molecular formula is C12H18N4O2. The summed E-state index contributed by atoms with van der Waals surface area (Å²) in [4.78, 5) is 22.9. The average molecular weight is 250 g/mol. The number of likely N-dealkylation sites (tertiary alicyclic amines) is 1. The number of nitrogens with one attached hydrogen (secondary N) is 1. The van der Waals surface area contributed by atoms with Crippen molar-refractivity contribution in [3.05, 3.63) is 18.2 Å². The molecule has 0 aliphatic carbocycles. The summed E-state index contributed by atoms with van der Waals surface area (Å²) >= 11 is 0. The molecule has 6 heteroatoms. The Kier molecular flexibility index (Phi) is 2.74. The monoisotopic (exact) mass is 250 g/mol. The van der Waals surface area contributed by atoms with Crippen LogP contribution in [0.5, 0.6) is 0 Å². The van der Waals surface area contributed by atoms with Crippen molar-refractivity contribution in [2.75, 3.05) is 26.7 Å². The third-order valence-corrected chi connectivity index (χ3v) is 3.69. The van der Waals surface area contributed by atoms with E-state index in [1.807, 2.05) is 6.20 Å². The number of carbonyl (C=O) groups excluding carboxylic acids is 1. The number of carbonyl (C=O) groups is 1. The van der Waals surface area contributed by atoms with Crippen LogP contribution in [-0.4, -0.2) is 58.1 Å². The lowest BCUT2D eigenvalue weighted by Gasteiger charge is -2.37. The normalized spacial score (nSPS) is 28.9. The molecule has 2 aliphatic heterocycles. The van der Waals surface area contributed by atoms with Crippen molar-refractivity contribution in [1.82, 2.24) is 19.8 Å². The van der Waals surface area contributed by atoms with Crippen molar-refractivity contribution < 1.29 is 9.53 Å². The minimum Gasteiger partial charge on any atom is -0.440 e. The molecule has 98 valence electrons. The standard InChI is InChI=1S/C12H18N4O2/c1-15-8-12(18-11(15)17)3-2-6-16(9-12)7-10-13-4-5-14-10/h4-5H,2-3,6-9H2,1H3,(H,13,14)/t12-/m1/s1. The molecule has 1 aromatic heterocycles. The van der Waals surface area contributed by atoms with Crippen molar-refractivity contribution in [3.63, 3.8) is 0 Å². The summed E-state index contributed by atoms with van der Waals surface area (Å²) in [6.45, 7) is 3.31. The van der Waals surface area contributed by atoms with Crippen molar-refractivity contribution in [2.24, 2.45) is 0 Å². The van der Waals surface area contributed by atoms with E-state index in [-0.39, 0.29) is 11.7 Å². The van der Waals surface area contributed by atoms with E-state index in [1.165, 1.54) is 0 Å². The van der Waals surface area contributed by atoms with Gasteiger partial charge in [-0.05, 0) is 19.4 Å². The molecule has 6 nitrogen and oxygen atoms in total. The van der Waals surface area contributed by atoms with Gasteiger partial charge >= 0.3 is 6.09 Å². The first-order chi connectivity index (χ1) is 8.67. The summed E-state index contributed by atoms with van der Waals surface area (Å²) in [5.41, 5.74) is -0.309. The lowest BCUT2D eigenvalue weighted by molar-refractivity contribution is -0.0119. The number of ether oxygens (including phenoxy) is 1. The highest BCUT2D eigenvalue weighted by molar-refractivity contribution is 5.70. The minimum absolute atomic E-state index is 0.199. The third-order valence-electron chi connectivity index (χ3n) is 3.69. The molecule has 0 unspecified atom stereocenters. The number of hydrogen-bond donors (Lipinski definition) is 1. The van der Waals surface area contributed by atoms with Gasteiger partial charge in [0, 0.05) is 26.0 Å². The Hall–Kier alpha value is -1.56. The van der Waals surface area contributed by atoms with Crippen LogP contribution >= 0.6 is 0 Å². The summed E-state index contributed by atoms with van der Waals surface area (Å²) < 4.78 is 5.57. The number of rotatable bonds is 2. The highest BCUT2D eigenvalue weighted by Gasteiger charge is 2.46. The zero-order chi connectivity index (χ0) is 12.6. The smallest absolute Gasteiger partial charge is 0.410 e. The van der Waals surface area contributed by atoms with Crippen molar-refractivity contribution >= 4 is 6.09 Å². The van der Waals surface area contributed by atoms with E-state index < -0.39 is 0 Å². The lowest BCUT2D eigenvalue weighted by Crippen LogP contribution is -2.50. The molecule has 1 atom stereocenters. The largest absolute Gasteiger partial charge is 0.440 e. The molecule has 2 fully saturated rings. The molecule has 0 aromatic carbocycles. The number of hydrogen-bond acceptors (Lipinski definition) is 4. The van der Waals surface area contributed by atoms with Crippen LogP contribution < -0.4 is 0 Å². The maximum absolute atomic E-state index is 11.5. The molecule has 3 rings (SSSR count). The predicted octanol–water partition coefficient (Wildman–Crippen LogP) is 0.826. The summed E-state index contributed by atoms with van der Waals surface area (Å²) in [5.74, 6) is 0.963. The van der Waals surface area contributed by atoms with Gasteiger partial charge in [-0.3, -0.25) is 4.90 Å². The Morgan fingerprint density at radius 3 is 3.11 bits per heavy atom. The fourth-order valence-corrected chi connectivity index (χ4v) is 2.93. The third kappa shape index (κ3) is 2.08. The molecule has 0 radical (unpaired) electrons. The van der Waals surface area contributed by atoms with Crippen LogP contribution in [-0.2, 0) is 11.3 Å². The molecule has 0 bridgehead atoms. The lowest BCUT2D eigenvalue weighted by atomic mass is 9.93. The maximum Gasteiger partial charge on any atom is 0.410 e. The van der Waals surface area contributed by atoms with Crippen LogP contribution in [0.1, 0.15) is 18.7 Å². The Morgan fingerprint density at radius 1 is 1.56 bits per heavy atom. The number of amides is 1. The van der Waals surface area contributed by atoms with Gasteiger partial charge in [0.25, 0.3) is 0 Å². The molecule has 1 aromatic rings. The van der Waals surface area contributed by atoms with E-state index in [0.717, 1.165) is 38.3 Å². The Balaban J connectivity index is 1.67. The fourth-order valence-electron chi connectivity index (χ4n) is 2.93. The highest BCUT2D eigenvalue weighted by Crippen LogP contribution is 2.31. The van der Waals surface area contributed by atoms with Crippen LogP contribution in [0.15, 0.2) is 12.4 Å². The first-order valence-corrected chi connectivity index (χ1v) is 6.32. The summed E-state index contributed by atoms with van der Waals surface area (Å²) in [5, 5.41) is 0. The van der Waals surface area contributed by atoms with Crippen molar-refractivity contribution in [2.45, 2.75) is 25.0 Å². The van der Waals surface area contributed by atoms with Crippen molar-refractivity contribution in [3.8, 4) is 0 Å². The van der Waals surface area contributed by atoms with E-state index in [4.69, 9.17) is 4.74 Å². The van der Waals surface area contributed by atoms with Crippen molar-refractivity contribution in [1.29, 1.82) is 0 Å². The number of piperidine rings is 1. The number of aromatic amines is 1. The molecule has 2 saturated heterocycles. The summed E-state index contributed by atoms with van der Waals surface area (Å²) in [6, 6.07) is 0. The van der Waals surface area contributed by atoms with Gasteiger partial charge in [0.15, 0.2) is 0 Å². The fraction of sp³-hybridized carbons (Fsp3) is 0.667. The quantitative estimate of drug-likeness (QED) is 0.844. The minimum atomic E-state index is -0.309. The number of aromatic nitrogens is 2. The van der Waals surface area contributed by atoms with Gasteiger partial charge in [-0.25, -0.2) is 9.78 Å². The Morgan fingerprint density at radius 2 is 2.44 bits per heavy atom. The molecule has 0 saturated carbocycles. The summed E-state index contributed by atoms with van der Waals surface area (Å²) in [7, 11) is 1.79. The first-order valence-electron chi connectivity index (χ1n) is 6.32. The van der Waals surface area contributed by atoms with Gasteiger partial charge in [-0.2, -0.15) is 0 Å². The highest BCUT2D eigenvalue weighted by atomic mass is 16.6. The van der Waals surface area contributed by atoms with E-state index in [1.54, 1.807) is 18.1 Å². The average Bonchev–Trinajstić information content (AvgIpc) is 2.89. The molecule has 2 aliphatic rings. The van der Waals surface area contributed by atoms with Crippen LogP contribution in [0.25, 0.3) is 0 Å². The second-order valence-corrected chi connectivity index (χ2v) is 5.26. The van der Waals surface area contributed by atoms with E-state index in [2.05, 4.69) is 14.9 Å². The molecule has 18 heavy (non-hydrogen) atoms. The number of imidazole rings is 1. The molecule has 1 N–H and O–H groups in total. The molecule has 3 heterocycles. The van der Waals surface area contributed by atoms with Gasteiger partial charge in [-0.1, -0.05) is 0 Å². The molecule has 1 amide bonds. The zero-order valence-electron chi connectivity index (χ0n) is 10.6. The second kappa shape index (κ2) is 4.28.